The molecular weight excluding hydrogens is 607 g/mol. The van der Waals surface area contributed by atoms with Gasteiger partial charge >= 0.3 is 0 Å². The van der Waals surface area contributed by atoms with Gasteiger partial charge in [0.05, 0.1) is 0 Å². The van der Waals surface area contributed by atoms with Crippen LogP contribution in [0.3, 0.4) is 0 Å². The van der Waals surface area contributed by atoms with Crippen LogP contribution in [0.2, 0.25) is 0 Å². The molecule has 51 heavy (non-hydrogen) atoms. The summed E-state index contributed by atoms with van der Waals surface area (Å²) in [5.41, 5.74) is 8.22. The van der Waals surface area contributed by atoms with Gasteiger partial charge in [-0.25, -0.2) is 0 Å². The summed E-state index contributed by atoms with van der Waals surface area (Å²) in [5, 5.41) is 6.46. The van der Waals surface area contributed by atoms with E-state index in [4.69, 9.17) is 67.2 Å². The van der Waals surface area contributed by atoms with Gasteiger partial charge in [-0.2, -0.15) is 0 Å². The van der Waals surface area contributed by atoms with Gasteiger partial charge < -0.3 is 4.42 Å². The van der Waals surface area contributed by atoms with Gasteiger partial charge in [0.1, 0.15) is 73.9 Å². The SMILES string of the molecule is [B]c1c([B])c([B])c2c(-c3ccc4oc5ccccc5c4c3)c3c([B])c([B])c([B])c([B])c3c(-c3ccc(-c4cccc5ccccc45)cc3)c2c1[B]. The molecule has 0 aliphatic rings. The molecule has 1 heterocycles. The average molecular weight is 625 g/mol. The fraction of sp³-hybridized carbons (Fsp3) is 0. The molecule has 0 aliphatic heterocycles. The number of hydrogen-bond acceptors (Lipinski definition) is 1. The van der Waals surface area contributed by atoms with Gasteiger partial charge in [0.2, 0.25) is 0 Å². The standard InChI is InChI=1S/C42H18B8O/c43-35-31-29(21-14-12-20(13-15-21)24-10-5-7-19-6-1-2-8-23(19)24)32-34(38(46)42(50)40(48)36(32)44)30(33(31)37(45)41(49)39(35)47)22-16-17-28-26(18-22)25-9-3-4-11-27(25)51-28/h1-18H. The minimum Gasteiger partial charge on any atom is -0.456 e. The van der Waals surface area contributed by atoms with Crippen molar-refractivity contribution in [1.82, 2.24) is 0 Å². The van der Waals surface area contributed by atoms with E-state index in [9.17, 15) is 0 Å². The fourth-order valence-electron chi connectivity index (χ4n) is 7.70. The molecule has 0 N–H and O–H groups in total. The van der Waals surface area contributed by atoms with Crippen molar-refractivity contribution in [3.63, 3.8) is 0 Å². The summed E-state index contributed by atoms with van der Waals surface area (Å²) in [7, 11) is 54.1. The Balaban J connectivity index is 1.43. The molecule has 8 aromatic carbocycles. The molecule has 0 saturated heterocycles. The van der Waals surface area contributed by atoms with E-state index in [-0.39, 0.29) is 43.7 Å². The molecule has 216 valence electrons. The highest BCUT2D eigenvalue weighted by molar-refractivity contribution is 6.71. The molecular formula is C42H18B8O. The zero-order chi connectivity index (χ0) is 35.3. The molecule has 1 aromatic heterocycles. The zero-order valence-corrected chi connectivity index (χ0v) is 27.4. The maximum absolute atomic E-state index is 6.95. The van der Waals surface area contributed by atoms with E-state index in [1.807, 2.05) is 66.7 Å². The third-order valence-corrected chi connectivity index (χ3v) is 10.3. The molecule has 0 saturated carbocycles. The Hall–Kier alpha value is -5.14. The van der Waals surface area contributed by atoms with Gasteiger partial charge in [-0.3, -0.25) is 0 Å². The van der Waals surface area contributed by atoms with Crippen molar-refractivity contribution in [3.05, 3.63) is 109 Å². The average Bonchev–Trinajstić information content (AvgIpc) is 3.54. The molecule has 0 fully saturated rings. The molecule has 9 rings (SSSR count). The highest BCUT2D eigenvalue weighted by Gasteiger charge is 2.25. The van der Waals surface area contributed by atoms with Crippen molar-refractivity contribution in [1.29, 1.82) is 0 Å². The minimum absolute atomic E-state index is 0.169. The van der Waals surface area contributed by atoms with Crippen molar-refractivity contribution in [2.24, 2.45) is 0 Å². The van der Waals surface area contributed by atoms with Crippen LogP contribution in [0.5, 0.6) is 0 Å². The summed E-state index contributed by atoms with van der Waals surface area (Å²) in [6.07, 6.45) is 0. The van der Waals surface area contributed by atoms with Gasteiger partial charge in [0.15, 0.2) is 0 Å². The predicted molar refractivity (Wildman–Crippen MR) is 226 cm³/mol. The van der Waals surface area contributed by atoms with Crippen LogP contribution < -0.4 is 43.7 Å². The van der Waals surface area contributed by atoms with Crippen LogP contribution in [-0.2, 0) is 0 Å². The van der Waals surface area contributed by atoms with Gasteiger partial charge in [-0.15, -0.1) is 21.9 Å². The summed E-state index contributed by atoms with van der Waals surface area (Å²) >= 11 is 0. The predicted octanol–water partition coefficient (Wildman–Crippen LogP) is 2.40. The Bertz CT molecular complexity index is 2860. The van der Waals surface area contributed by atoms with Gasteiger partial charge in [0.25, 0.3) is 0 Å². The Morgan fingerprint density at radius 2 is 0.784 bits per heavy atom. The van der Waals surface area contributed by atoms with E-state index in [2.05, 4.69) is 42.5 Å². The second kappa shape index (κ2) is 11.7. The van der Waals surface area contributed by atoms with E-state index in [1.54, 1.807) is 0 Å². The first-order chi connectivity index (χ1) is 24.7. The lowest BCUT2D eigenvalue weighted by molar-refractivity contribution is 0.669. The van der Waals surface area contributed by atoms with E-state index in [0.717, 1.165) is 55.0 Å². The molecule has 0 amide bonds. The number of furan rings is 1. The molecule has 0 bridgehead atoms. The summed E-state index contributed by atoms with van der Waals surface area (Å²) in [4.78, 5) is 0. The van der Waals surface area contributed by atoms with E-state index >= 15 is 0 Å². The Morgan fingerprint density at radius 1 is 0.333 bits per heavy atom. The van der Waals surface area contributed by atoms with Crippen molar-refractivity contribution in [2.75, 3.05) is 0 Å². The first-order valence-corrected chi connectivity index (χ1v) is 16.4. The summed E-state index contributed by atoms with van der Waals surface area (Å²) in [5.74, 6) is 0. The first kappa shape index (κ1) is 31.8. The fourth-order valence-corrected chi connectivity index (χ4v) is 7.70. The molecule has 0 atom stereocenters. The van der Waals surface area contributed by atoms with Crippen molar-refractivity contribution in [2.45, 2.75) is 0 Å². The van der Waals surface area contributed by atoms with Crippen LogP contribution in [0.15, 0.2) is 114 Å². The monoisotopic (exact) mass is 626 g/mol. The van der Waals surface area contributed by atoms with Crippen molar-refractivity contribution >= 4 is 161 Å². The Morgan fingerprint density at radius 3 is 1.39 bits per heavy atom. The largest absolute Gasteiger partial charge is 0.456 e. The lowest BCUT2D eigenvalue weighted by Gasteiger charge is -2.28. The third-order valence-electron chi connectivity index (χ3n) is 10.3. The smallest absolute Gasteiger partial charge is 0.135 e. The second-order valence-electron chi connectivity index (χ2n) is 13.0. The second-order valence-corrected chi connectivity index (χ2v) is 13.0. The minimum atomic E-state index is 0.169. The number of rotatable bonds is 3. The van der Waals surface area contributed by atoms with Crippen LogP contribution in [0, 0.1) is 0 Å². The maximum atomic E-state index is 6.95. The van der Waals surface area contributed by atoms with Crippen LogP contribution in [0.25, 0.3) is 87.6 Å². The van der Waals surface area contributed by atoms with Crippen LogP contribution >= 0.6 is 0 Å². The van der Waals surface area contributed by atoms with E-state index in [0.29, 0.717) is 32.7 Å². The van der Waals surface area contributed by atoms with Crippen LogP contribution in [0.1, 0.15) is 0 Å². The molecule has 0 unspecified atom stereocenters. The van der Waals surface area contributed by atoms with Crippen molar-refractivity contribution < 1.29 is 4.42 Å². The summed E-state index contributed by atoms with van der Waals surface area (Å²) in [6, 6.07) is 36.5. The zero-order valence-electron chi connectivity index (χ0n) is 27.4. The summed E-state index contributed by atoms with van der Waals surface area (Å²) < 4.78 is 6.15. The number of benzene rings is 8. The van der Waals surface area contributed by atoms with Gasteiger partial charge in [-0.05, 0) is 83.9 Å². The van der Waals surface area contributed by atoms with Gasteiger partial charge in [-0.1, -0.05) is 113 Å². The number of hydrogen-bond donors (Lipinski definition) is 0. The molecule has 16 radical (unpaired) electrons. The van der Waals surface area contributed by atoms with Crippen molar-refractivity contribution in [3.8, 4) is 33.4 Å². The van der Waals surface area contributed by atoms with Gasteiger partial charge in [0, 0.05) is 10.8 Å². The normalized spacial score (nSPS) is 11.8. The highest BCUT2D eigenvalue weighted by Crippen LogP contribution is 2.42. The number of para-hydroxylation sites is 1. The lowest BCUT2D eigenvalue weighted by atomic mass is 9.59. The third kappa shape index (κ3) is 4.60. The molecule has 0 aliphatic carbocycles. The molecule has 9 heteroatoms. The topological polar surface area (TPSA) is 13.1 Å². The Kier molecular flexibility index (Phi) is 7.30. The highest BCUT2D eigenvalue weighted by atomic mass is 16.3. The molecule has 9 aromatic rings. The first-order valence-electron chi connectivity index (χ1n) is 16.4. The molecule has 0 spiro atoms. The summed E-state index contributed by atoms with van der Waals surface area (Å²) in [6.45, 7) is 0. The lowest BCUT2D eigenvalue weighted by Crippen LogP contribution is -2.50. The molecule has 1 nitrogen and oxygen atoms in total. The van der Waals surface area contributed by atoms with Crippen LogP contribution in [0.4, 0.5) is 0 Å². The number of fused-ring (bicyclic) bond motifs is 6. The maximum Gasteiger partial charge on any atom is 0.135 e. The van der Waals surface area contributed by atoms with E-state index in [1.165, 1.54) is 0 Å². The van der Waals surface area contributed by atoms with Crippen LogP contribution in [-0.4, -0.2) is 62.8 Å². The Labute approximate surface area is 306 Å². The quantitative estimate of drug-likeness (QED) is 0.218. The van der Waals surface area contributed by atoms with E-state index < -0.39 is 0 Å².